The summed E-state index contributed by atoms with van der Waals surface area (Å²) in [7, 11) is 0. The van der Waals surface area contributed by atoms with Crippen molar-refractivity contribution in [2.24, 2.45) is 5.41 Å². The highest BCUT2D eigenvalue weighted by atomic mass is 32.1. The molecule has 0 aliphatic carbocycles. The van der Waals surface area contributed by atoms with Gasteiger partial charge in [-0.25, -0.2) is 4.98 Å². The fraction of sp³-hybridized carbons (Fsp3) is 0.350. The van der Waals surface area contributed by atoms with E-state index in [1.54, 1.807) is 4.40 Å². The van der Waals surface area contributed by atoms with E-state index in [-0.39, 0.29) is 18.1 Å². The lowest BCUT2D eigenvalue weighted by Gasteiger charge is -2.20. The van der Waals surface area contributed by atoms with Crippen molar-refractivity contribution in [2.45, 2.75) is 41.2 Å². The minimum absolute atomic E-state index is 0.0928. The molecule has 0 spiro atoms. The van der Waals surface area contributed by atoms with Gasteiger partial charge in [0, 0.05) is 22.6 Å². The number of thiazole rings is 1. The largest absolute Gasteiger partial charge is 0.485 e. The Kier molecular flexibility index (Phi) is 5.06. The van der Waals surface area contributed by atoms with Crippen LogP contribution in [0.25, 0.3) is 4.96 Å². The molecule has 2 aromatic heterocycles. The minimum Gasteiger partial charge on any atom is -0.485 e. The molecule has 0 atom stereocenters. The van der Waals surface area contributed by atoms with Gasteiger partial charge in [0.05, 0.1) is 11.4 Å². The lowest BCUT2D eigenvalue weighted by Crippen LogP contribution is -2.27. The molecular weight excluding hydrogens is 362 g/mol. The van der Waals surface area contributed by atoms with E-state index in [0.717, 1.165) is 11.3 Å². The van der Waals surface area contributed by atoms with Gasteiger partial charge < -0.3 is 10.1 Å². The van der Waals surface area contributed by atoms with Gasteiger partial charge in [0.2, 0.25) is 5.91 Å². The van der Waals surface area contributed by atoms with E-state index in [1.807, 2.05) is 58.2 Å². The van der Waals surface area contributed by atoms with Gasteiger partial charge in [-0.2, -0.15) is 0 Å². The third-order valence-electron chi connectivity index (χ3n) is 4.07. The molecule has 3 aromatic rings. The summed E-state index contributed by atoms with van der Waals surface area (Å²) in [6.45, 7) is 9.53. The van der Waals surface area contributed by atoms with Gasteiger partial charge in [-0.1, -0.05) is 26.8 Å². The van der Waals surface area contributed by atoms with E-state index in [9.17, 15) is 9.59 Å². The number of nitrogens with zero attached hydrogens (tertiary/aromatic N) is 2. The first-order valence-corrected chi connectivity index (χ1v) is 9.55. The lowest BCUT2D eigenvalue weighted by molar-refractivity contribution is -0.123. The summed E-state index contributed by atoms with van der Waals surface area (Å²) in [5.41, 5.74) is 2.40. The van der Waals surface area contributed by atoms with Gasteiger partial charge in [-0.05, 0) is 31.5 Å². The van der Waals surface area contributed by atoms with Crippen molar-refractivity contribution >= 4 is 27.9 Å². The van der Waals surface area contributed by atoms with E-state index in [1.165, 1.54) is 17.4 Å². The standard InChI is InChI=1S/C20H23N3O3S/c1-12-6-7-16(15(8-12)22-18(25)20(3,4)5)26-10-14-9-17(24)23-13(2)11-27-19(23)21-14/h6-9,11H,10H2,1-5H3,(H,22,25). The number of benzene rings is 1. The van der Waals surface area contributed by atoms with Gasteiger partial charge in [-0.15, -0.1) is 11.3 Å². The highest BCUT2D eigenvalue weighted by Gasteiger charge is 2.22. The smallest absolute Gasteiger partial charge is 0.259 e. The summed E-state index contributed by atoms with van der Waals surface area (Å²) in [5.74, 6) is 0.451. The molecule has 0 aliphatic heterocycles. The molecule has 1 aromatic carbocycles. The second-order valence-corrected chi connectivity index (χ2v) is 8.41. The third-order valence-corrected chi connectivity index (χ3v) is 5.01. The maximum absolute atomic E-state index is 12.3. The molecule has 7 heteroatoms. The number of ether oxygens (including phenoxy) is 1. The average molecular weight is 385 g/mol. The molecule has 3 rings (SSSR count). The van der Waals surface area contributed by atoms with E-state index in [0.29, 0.717) is 22.1 Å². The Morgan fingerprint density at radius 3 is 2.70 bits per heavy atom. The lowest BCUT2D eigenvalue weighted by atomic mass is 9.95. The zero-order chi connectivity index (χ0) is 19.8. The van der Waals surface area contributed by atoms with E-state index in [4.69, 9.17) is 4.74 Å². The highest BCUT2D eigenvalue weighted by molar-refractivity contribution is 7.15. The Labute approximate surface area is 161 Å². The summed E-state index contributed by atoms with van der Waals surface area (Å²) < 4.78 is 7.46. The van der Waals surface area contributed by atoms with Crippen LogP contribution in [0.15, 0.2) is 34.4 Å². The normalized spacial score (nSPS) is 11.6. The van der Waals surface area contributed by atoms with E-state index in [2.05, 4.69) is 10.3 Å². The number of hydrogen-bond donors (Lipinski definition) is 1. The molecular formula is C20H23N3O3S. The Morgan fingerprint density at radius 2 is 2.00 bits per heavy atom. The third kappa shape index (κ3) is 4.19. The van der Waals surface area contributed by atoms with Crippen LogP contribution in [0.3, 0.4) is 0 Å². The van der Waals surface area contributed by atoms with Crippen LogP contribution in [-0.4, -0.2) is 15.3 Å². The summed E-state index contributed by atoms with van der Waals surface area (Å²) in [6, 6.07) is 7.08. The van der Waals surface area contributed by atoms with Crippen molar-refractivity contribution in [3.63, 3.8) is 0 Å². The quantitative estimate of drug-likeness (QED) is 0.738. The highest BCUT2D eigenvalue weighted by Crippen LogP contribution is 2.28. The van der Waals surface area contributed by atoms with Gasteiger partial charge in [-0.3, -0.25) is 14.0 Å². The molecule has 27 heavy (non-hydrogen) atoms. The summed E-state index contributed by atoms with van der Waals surface area (Å²) in [6.07, 6.45) is 0. The molecule has 0 radical (unpaired) electrons. The van der Waals surface area contributed by atoms with Crippen LogP contribution in [0.5, 0.6) is 5.75 Å². The van der Waals surface area contributed by atoms with Crippen LogP contribution < -0.4 is 15.6 Å². The van der Waals surface area contributed by atoms with E-state index >= 15 is 0 Å². The zero-order valence-electron chi connectivity index (χ0n) is 16.1. The molecule has 0 bridgehead atoms. The summed E-state index contributed by atoms with van der Waals surface area (Å²) >= 11 is 1.42. The molecule has 1 amide bonds. The molecule has 0 saturated carbocycles. The van der Waals surface area contributed by atoms with Crippen LogP contribution in [0.2, 0.25) is 0 Å². The number of aromatic nitrogens is 2. The number of amides is 1. The fourth-order valence-corrected chi connectivity index (χ4v) is 3.39. The second-order valence-electron chi connectivity index (χ2n) is 7.57. The number of carbonyl (C=O) groups excluding carboxylic acids is 1. The Morgan fingerprint density at radius 1 is 1.26 bits per heavy atom. The molecule has 0 saturated heterocycles. The number of anilines is 1. The van der Waals surface area contributed by atoms with Gasteiger partial charge in [0.25, 0.3) is 5.56 Å². The first kappa shape index (κ1) is 19.1. The SMILES string of the molecule is Cc1ccc(OCc2cc(=O)n3c(C)csc3n2)c(NC(=O)C(C)(C)C)c1. The fourth-order valence-electron chi connectivity index (χ4n) is 2.50. The first-order valence-electron chi connectivity index (χ1n) is 8.67. The van der Waals surface area contributed by atoms with Crippen LogP contribution in [0.4, 0.5) is 5.69 Å². The number of aryl methyl sites for hydroxylation is 2. The van der Waals surface area contributed by atoms with Crippen molar-refractivity contribution < 1.29 is 9.53 Å². The topological polar surface area (TPSA) is 72.7 Å². The Balaban J connectivity index is 1.84. The number of hydrogen-bond acceptors (Lipinski definition) is 5. The summed E-state index contributed by atoms with van der Waals surface area (Å²) in [5, 5.41) is 4.82. The second kappa shape index (κ2) is 7.15. The Bertz CT molecular complexity index is 1060. The predicted octanol–water partition coefficient (Wildman–Crippen LogP) is 3.94. The van der Waals surface area contributed by atoms with E-state index < -0.39 is 5.41 Å². The molecule has 1 N–H and O–H groups in total. The zero-order valence-corrected chi connectivity index (χ0v) is 16.9. The molecule has 142 valence electrons. The molecule has 0 aliphatic rings. The van der Waals surface area contributed by atoms with Crippen LogP contribution in [0.1, 0.15) is 37.7 Å². The van der Waals surface area contributed by atoms with Crippen molar-refractivity contribution in [1.82, 2.24) is 9.38 Å². The first-order chi connectivity index (χ1) is 12.6. The molecule has 6 nitrogen and oxygen atoms in total. The maximum Gasteiger partial charge on any atom is 0.259 e. The number of carbonyl (C=O) groups is 1. The minimum atomic E-state index is -0.515. The van der Waals surface area contributed by atoms with Gasteiger partial charge in [0.15, 0.2) is 4.96 Å². The summed E-state index contributed by atoms with van der Waals surface area (Å²) in [4.78, 5) is 29.8. The van der Waals surface area contributed by atoms with Crippen molar-refractivity contribution in [1.29, 1.82) is 0 Å². The van der Waals surface area contributed by atoms with Gasteiger partial charge >= 0.3 is 0 Å². The van der Waals surface area contributed by atoms with Crippen molar-refractivity contribution in [3.8, 4) is 5.75 Å². The molecule has 0 unspecified atom stereocenters. The van der Waals surface area contributed by atoms with Crippen molar-refractivity contribution in [2.75, 3.05) is 5.32 Å². The Hall–Kier alpha value is -2.67. The average Bonchev–Trinajstić information content (AvgIpc) is 2.95. The number of nitrogens with one attached hydrogen (secondary N) is 1. The number of fused-ring (bicyclic) bond motifs is 1. The van der Waals surface area contributed by atoms with Crippen LogP contribution >= 0.6 is 11.3 Å². The maximum atomic E-state index is 12.3. The van der Waals surface area contributed by atoms with Crippen LogP contribution in [-0.2, 0) is 11.4 Å². The monoisotopic (exact) mass is 385 g/mol. The molecule has 2 heterocycles. The molecule has 0 fully saturated rings. The predicted molar refractivity (Wildman–Crippen MR) is 108 cm³/mol. The number of rotatable bonds is 4. The van der Waals surface area contributed by atoms with Crippen molar-refractivity contribution in [3.05, 3.63) is 57.0 Å². The van der Waals surface area contributed by atoms with Crippen LogP contribution in [0, 0.1) is 19.3 Å². The van der Waals surface area contributed by atoms with Gasteiger partial charge in [0.1, 0.15) is 12.4 Å².